The van der Waals surface area contributed by atoms with E-state index in [4.69, 9.17) is 9.47 Å². The van der Waals surface area contributed by atoms with Crippen LogP contribution in [-0.2, 0) is 16.8 Å². The van der Waals surface area contributed by atoms with Crippen molar-refractivity contribution in [3.05, 3.63) is 59.7 Å². The summed E-state index contributed by atoms with van der Waals surface area (Å²) < 4.78 is 11.3. The van der Waals surface area contributed by atoms with Crippen LogP contribution >= 0.6 is 0 Å². The largest absolute Gasteiger partial charge is 0.497 e. The number of carbonyl (C=O) groups is 1. The maximum atomic E-state index is 10.9. The third-order valence-electron chi connectivity index (χ3n) is 3.75. The van der Waals surface area contributed by atoms with Gasteiger partial charge in [0.1, 0.15) is 24.4 Å². The molecule has 3 heteroatoms. The van der Waals surface area contributed by atoms with Gasteiger partial charge in [0, 0.05) is 18.1 Å². The molecule has 116 valence electrons. The van der Waals surface area contributed by atoms with Gasteiger partial charge >= 0.3 is 0 Å². The van der Waals surface area contributed by atoms with Crippen LogP contribution in [0.2, 0.25) is 0 Å². The monoisotopic (exact) mass is 298 g/mol. The molecule has 0 aliphatic heterocycles. The van der Waals surface area contributed by atoms with Gasteiger partial charge in [-0.1, -0.05) is 50.2 Å². The van der Waals surface area contributed by atoms with Gasteiger partial charge in [0.15, 0.2) is 0 Å². The Kier molecular flexibility index (Phi) is 5.21. The smallest absolute Gasteiger partial charge is 0.127 e. The molecule has 0 amide bonds. The summed E-state index contributed by atoms with van der Waals surface area (Å²) in [6.45, 7) is 4.56. The Labute approximate surface area is 131 Å². The molecule has 0 saturated heterocycles. The fourth-order valence-electron chi connectivity index (χ4n) is 2.36. The van der Waals surface area contributed by atoms with Crippen LogP contribution in [0.5, 0.6) is 11.5 Å². The highest BCUT2D eigenvalue weighted by Gasteiger charge is 2.24. The fraction of sp³-hybridized carbons (Fsp3) is 0.316. The molecule has 0 saturated carbocycles. The van der Waals surface area contributed by atoms with E-state index in [2.05, 4.69) is 0 Å². The number of carbonyl (C=O) groups excluding carboxylic acids is 1. The van der Waals surface area contributed by atoms with Crippen molar-refractivity contribution in [3.63, 3.8) is 0 Å². The minimum atomic E-state index is -0.278. The van der Waals surface area contributed by atoms with E-state index in [1.54, 1.807) is 7.11 Å². The number of ether oxygens (including phenoxy) is 2. The maximum Gasteiger partial charge on any atom is 0.127 e. The topological polar surface area (TPSA) is 35.5 Å². The van der Waals surface area contributed by atoms with Crippen LogP contribution in [0, 0.1) is 0 Å². The average Bonchev–Trinajstić information content (AvgIpc) is 2.53. The van der Waals surface area contributed by atoms with Crippen LogP contribution in [0.4, 0.5) is 0 Å². The van der Waals surface area contributed by atoms with Crippen molar-refractivity contribution >= 4 is 6.29 Å². The molecule has 0 heterocycles. The van der Waals surface area contributed by atoms with Crippen LogP contribution < -0.4 is 9.47 Å². The summed E-state index contributed by atoms with van der Waals surface area (Å²) in [7, 11) is 1.63. The summed E-state index contributed by atoms with van der Waals surface area (Å²) in [6.07, 6.45) is 1.40. The van der Waals surface area contributed by atoms with Crippen molar-refractivity contribution in [2.24, 2.45) is 0 Å². The van der Waals surface area contributed by atoms with E-state index in [0.29, 0.717) is 13.0 Å². The van der Waals surface area contributed by atoms with E-state index in [9.17, 15) is 4.79 Å². The van der Waals surface area contributed by atoms with Crippen LogP contribution in [0.15, 0.2) is 48.5 Å². The first-order valence-electron chi connectivity index (χ1n) is 7.35. The Hall–Kier alpha value is -2.29. The average molecular weight is 298 g/mol. The van der Waals surface area contributed by atoms with Crippen LogP contribution in [0.3, 0.4) is 0 Å². The van der Waals surface area contributed by atoms with Gasteiger partial charge in [0.2, 0.25) is 0 Å². The molecular weight excluding hydrogens is 276 g/mol. The summed E-state index contributed by atoms with van der Waals surface area (Å²) in [4.78, 5) is 10.9. The highest BCUT2D eigenvalue weighted by Crippen LogP contribution is 2.36. The molecule has 0 aromatic heterocycles. The Balaban J connectivity index is 2.28. The zero-order valence-electron chi connectivity index (χ0n) is 13.3. The van der Waals surface area contributed by atoms with Crippen molar-refractivity contribution < 1.29 is 14.3 Å². The van der Waals surface area contributed by atoms with Gasteiger partial charge in [-0.3, -0.25) is 0 Å². The van der Waals surface area contributed by atoms with E-state index in [0.717, 1.165) is 28.9 Å². The van der Waals surface area contributed by atoms with Gasteiger partial charge in [-0.15, -0.1) is 0 Å². The van der Waals surface area contributed by atoms with Crippen molar-refractivity contribution in [2.45, 2.75) is 32.3 Å². The predicted octanol–water partition coefficient (Wildman–Crippen LogP) is 4.14. The van der Waals surface area contributed by atoms with Crippen molar-refractivity contribution in [3.8, 4) is 11.5 Å². The molecule has 0 aliphatic rings. The second-order valence-corrected chi connectivity index (χ2v) is 5.89. The molecule has 0 fully saturated rings. The number of methoxy groups -OCH3 is 1. The summed E-state index contributed by atoms with van der Waals surface area (Å²) >= 11 is 0. The second-order valence-electron chi connectivity index (χ2n) is 5.89. The third-order valence-corrected chi connectivity index (χ3v) is 3.75. The van der Waals surface area contributed by atoms with Crippen LogP contribution in [0.25, 0.3) is 0 Å². The molecule has 0 unspecified atom stereocenters. The minimum absolute atomic E-state index is 0.278. The number of hydrogen-bond donors (Lipinski definition) is 0. The lowest BCUT2D eigenvalue weighted by molar-refractivity contribution is -0.108. The first-order chi connectivity index (χ1) is 10.6. The van der Waals surface area contributed by atoms with Gasteiger partial charge < -0.3 is 14.3 Å². The Morgan fingerprint density at radius 3 is 2.45 bits per heavy atom. The van der Waals surface area contributed by atoms with Crippen LogP contribution in [0.1, 0.15) is 31.4 Å². The van der Waals surface area contributed by atoms with Crippen molar-refractivity contribution in [1.82, 2.24) is 0 Å². The van der Waals surface area contributed by atoms with Gasteiger partial charge in [-0.05, 0) is 17.0 Å². The molecule has 2 aromatic carbocycles. The first-order valence-corrected chi connectivity index (χ1v) is 7.35. The Morgan fingerprint density at radius 2 is 1.82 bits per heavy atom. The Bertz CT molecular complexity index is 618. The standard InChI is InChI=1S/C19H22O3/c1-19(2,11-12-20)17-10-9-16(21-3)13-18(17)22-14-15-7-5-4-6-8-15/h4-10,12-13H,11,14H2,1-3H3. The lowest BCUT2D eigenvalue weighted by Crippen LogP contribution is -2.19. The number of hydrogen-bond acceptors (Lipinski definition) is 3. The highest BCUT2D eigenvalue weighted by atomic mass is 16.5. The van der Waals surface area contributed by atoms with E-state index in [1.807, 2.05) is 62.4 Å². The van der Waals surface area contributed by atoms with Crippen molar-refractivity contribution in [1.29, 1.82) is 0 Å². The van der Waals surface area contributed by atoms with Gasteiger partial charge in [0.05, 0.1) is 7.11 Å². The molecule has 0 atom stereocenters. The molecule has 2 rings (SSSR count). The third kappa shape index (κ3) is 3.88. The quantitative estimate of drug-likeness (QED) is 0.721. The molecule has 0 aliphatic carbocycles. The number of benzene rings is 2. The fourth-order valence-corrected chi connectivity index (χ4v) is 2.36. The maximum absolute atomic E-state index is 10.9. The molecule has 0 spiro atoms. The number of rotatable bonds is 7. The molecule has 22 heavy (non-hydrogen) atoms. The summed E-state index contributed by atoms with van der Waals surface area (Å²) in [5, 5.41) is 0. The zero-order valence-corrected chi connectivity index (χ0v) is 13.3. The molecular formula is C19H22O3. The summed E-state index contributed by atoms with van der Waals surface area (Å²) in [5.41, 5.74) is 1.83. The lowest BCUT2D eigenvalue weighted by atomic mass is 9.81. The molecule has 0 bridgehead atoms. The van der Waals surface area contributed by atoms with Gasteiger partial charge in [-0.2, -0.15) is 0 Å². The Morgan fingerprint density at radius 1 is 1.09 bits per heavy atom. The van der Waals surface area contributed by atoms with Gasteiger partial charge in [0.25, 0.3) is 0 Å². The predicted molar refractivity (Wildman–Crippen MR) is 87.5 cm³/mol. The second kappa shape index (κ2) is 7.12. The normalized spacial score (nSPS) is 11.0. The first kappa shape index (κ1) is 16.1. The van der Waals surface area contributed by atoms with Gasteiger partial charge in [-0.25, -0.2) is 0 Å². The van der Waals surface area contributed by atoms with E-state index >= 15 is 0 Å². The SMILES string of the molecule is COc1ccc(C(C)(C)CC=O)c(OCc2ccccc2)c1. The molecule has 0 radical (unpaired) electrons. The van der Waals surface area contributed by atoms with E-state index in [1.165, 1.54) is 0 Å². The van der Waals surface area contributed by atoms with E-state index < -0.39 is 0 Å². The lowest BCUT2D eigenvalue weighted by Gasteiger charge is -2.26. The molecule has 3 nitrogen and oxygen atoms in total. The highest BCUT2D eigenvalue weighted by molar-refractivity contribution is 5.55. The van der Waals surface area contributed by atoms with Crippen molar-refractivity contribution in [2.75, 3.05) is 7.11 Å². The van der Waals surface area contributed by atoms with E-state index in [-0.39, 0.29) is 5.41 Å². The summed E-state index contributed by atoms with van der Waals surface area (Å²) in [5.74, 6) is 1.50. The van der Waals surface area contributed by atoms with Crippen LogP contribution in [-0.4, -0.2) is 13.4 Å². The zero-order chi connectivity index (χ0) is 16.0. The minimum Gasteiger partial charge on any atom is -0.497 e. The number of aldehydes is 1. The molecule has 2 aromatic rings. The molecule has 0 N–H and O–H groups in total. The summed E-state index contributed by atoms with van der Waals surface area (Å²) in [6, 6.07) is 15.8.